The lowest BCUT2D eigenvalue weighted by Gasteiger charge is -2.42. The van der Waals surface area contributed by atoms with Gasteiger partial charge in [0.2, 0.25) is 0 Å². The SMILES string of the molecule is O=C(O)C1CC(NCC2CCCC2)CN(C2CCCCC2)C1. The van der Waals surface area contributed by atoms with Crippen molar-refractivity contribution in [1.29, 1.82) is 0 Å². The van der Waals surface area contributed by atoms with Crippen molar-refractivity contribution in [1.82, 2.24) is 10.2 Å². The molecule has 22 heavy (non-hydrogen) atoms. The molecule has 3 fully saturated rings. The first kappa shape index (κ1) is 16.3. The van der Waals surface area contributed by atoms with Gasteiger partial charge in [-0.2, -0.15) is 0 Å². The number of nitrogens with zero attached hydrogens (tertiary/aromatic N) is 1. The summed E-state index contributed by atoms with van der Waals surface area (Å²) in [7, 11) is 0. The minimum Gasteiger partial charge on any atom is -0.481 e. The summed E-state index contributed by atoms with van der Waals surface area (Å²) >= 11 is 0. The third kappa shape index (κ3) is 4.23. The highest BCUT2D eigenvalue weighted by Gasteiger charge is 2.35. The van der Waals surface area contributed by atoms with Crippen LogP contribution in [-0.2, 0) is 4.79 Å². The van der Waals surface area contributed by atoms with Gasteiger partial charge < -0.3 is 10.4 Å². The Bertz CT molecular complexity index is 362. The fourth-order valence-electron chi connectivity index (χ4n) is 4.75. The molecular weight excluding hydrogens is 276 g/mol. The zero-order chi connectivity index (χ0) is 15.4. The van der Waals surface area contributed by atoms with E-state index in [0.29, 0.717) is 12.1 Å². The largest absolute Gasteiger partial charge is 0.481 e. The Morgan fingerprint density at radius 1 is 1.00 bits per heavy atom. The van der Waals surface area contributed by atoms with E-state index in [2.05, 4.69) is 10.2 Å². The zero-order valence-corrected chi connectivity index (χ0v) is 13.8. The fourth-order valence-corrected chi connectivity index (χ4v) is 4.75. The molecular formula is C18H32N2O2. The van der Waals surface area contributed by atoms with Gasteiger partial charge in [-0.3, -0.25) is 9.69 Å². The maximum absolute atomic E-state index is 11.5. The van der Waals surface area contributed by atoms with E-state index in [1.807, 2.05) is 0 Å². The highest BCUT2D eigenvalue weighted by Crippen LogP contribution is 2.28. The van der Waals surface area contributed by atoms with Crippen LogP contribution in [0.3, 0.4) is 0 Å². The van der Waals surface area contributed by atoms with Crippen molar-refractivity contribution in [3.05, 3.63) is 0 Å². The molecule has 3 rings (SSSR count). The van der Waals surface area contributed by atoms with Gasteiger partial charge in [-0.15, -0.1) is 0 Å². The molecule has 0 bridgehead atoms. The first-order valence-electron chi connectivity index (χ1n) is 9.42. The summed E-state index contributed by atoms with van der Waals surface area (Å²) in [6.07, 6.45) is 12.8. The van der Waals surface area contributed by atoms with Crippen LogP contribution in [0, 0.1) is 11.8 Å². The summed E-state index contributed by atoms with van der Waals surface area (Å²) < 4.78 is 0. The standard InChI is InChI=1S/C18H32N2O2/c21-18(22)15-10-16(19-11-14-6-4-5-7-14)13-20(12-15)17-8-2-1-3-9-17/h14-17,19H,1-13H2,(H,21,22). The molecule has 4 nitrogen and oxygen atoms in total. The number of hydrogen-bond acceptors (Lipinski definition) is 3. The predicted octanol–water partition coefficient (Wildman–Crippen LogP) is 2.87. The summed E-state index contributed by atoms with van der Waals surface area (Å²) in [6.45, 7) is 2.91. The molecule has 126 valence electrons. The van der Waals surface area contributed by atoms with Crippen molar-refractivity contribution in [3.8, 4) is 0 Å². The molecule has 3 aliphatic rings. The molecule has 2 saturated carbocycles. The number of piperidine rings is 1. The second-order valence-corrected chi connectivity index (χ2v) is 7.77. The Balaban J connectivity index is 1.55. The Labute approximate surface area is 134 Å². The van der Waals surface area contributed by atoms with Crippen LogP contribution < -0.4 is 5.32 Å². The average Bonchev–Trinajstić information content (AvgIpc) is 3.07. The van der Waals surface area contributed by atoms with Crippen LogP contribution in [0.4, 0.5) is 0 Å². The zero-order valence-electron chi connectivity index (χ0n) is 13.8. The van der Waals surface area contributed by atoms with Crippen molar-refractivity contribution in [3.63, 3.8) is 0 Å². The summed E-state index contributed by atoms with van der Waals surface area (Å²) in [5, 5.41) is 13.2. The molecule has 0 spiro atoms. The van der Waals surface area contributed by atoms with E-state index in [-0.39, 0.29) is 5.92 Å². The maximum Gasteiger partial charge on any atom is 0.307 e. The van der Waals surface area contributed by atoms with E-state index in [0.717, 1.165) is 32.0 Å². The van der Waals surface area contributed by atoms with Crippen LogP contribution in [0.2, 0.25) is 0 Å². The predicted molar refractivity (Wildman–Crippen MR) is 87.9 cm³/mol. The lowest BCUT2D eigenvalue weighted by Crippen LogP contribution is -2.54. The van der Waals surface area contributed by atoms with Crippen molar-refractivity contribution < 1.29 is 9.90 Å². The molecule has 2 aliphatic carbocycles. The molecule has 1 saturated heterocycles. The minimum atomic E-state index is -0.604. The summed E-state index contributed by atoms with van der Waals surface area (Å²) in [5.74, 6) is 0.0401. The van der Waals surface area contributed by atoms with Crippen LogP contribution in [0.5, 0.6) is 0 Å². The highest BCUT2D eigenvalue weighted by atomic mass is 16.4. The Morgan fingerprint density at radius 2 is 1.68 bits per heavy atom. The molecule has 0 amide bonds. The van der Waals surface area contributed by atoms with Gasteiger partial charge in [-0.25, -0.2) is 0 Å². The molecule has 1 aliphatic heterocycles. The van der Waals surface area contributed by atoms with E-state index in [9.17, 15) is 9.90 Å². The quantitative estimate of drug-likeness (QED) is 0.820. The summed E-state index contributed by atoms with van der Waals surface area (Å²) in [6, 6.07) is 1.00. The maximum atomic E-state index is 11.5. The normalized spacial score (nSPS) is 32.4. The number of hydrogen-bond donors (Lipinski definition) is 2. The Kier molecular flexibility index (Phi) is 5.75. The van der Waals surface area contributed by atoms with E-state index < -0.39 is 5.97 Å². The van der Waals surface area contributed by atoms with Gasteiger partial charge >= 0.3 is 5.97 Å². The van der Waals surface area contributed by atoms with E-state index in [4.69, 9.17) is 0 Å². The van der Waals surface area contributed by atoms with Gasteiger partial charge in [0.1, 0.15) is 0 Å². The lowest BCUT2D eigenvalue weighted by molar-refractivity contribution is -0.144. The smallest absolute Gasteiger partial charge is 0.307 e. The first-order valence-corrected chi connectivity index (χ1v) is 9.42. The van der Waals surface area contributed by atoms with E-state index >= 15 is 0 Å². The minimum absolute atomic E-state index is 0.184. The lowest BCUT2D eigenvalue weighted by atomic mass is 9.88. The van der Waals surface area contributed by atoms with Crippen LogP contribution >= 0.6 is 0 Å². The number of carboxylic acids is 1. The number of carboxylic acid groups (broad SMARTS) is 1. The van der Waals surface area contributed by atoms with Gasteiger partial charge in [0.15, 0.2) is 0 Å². The third-order valence-corrected chi connectivity index (χ3v) is 6.09. The number of aliphatic carboxylic acids is 1. The van der Waals surface area contributed by atoms with Gasteiger partial charge in [0, 0.05) is 25.2 Å². The molecule has 0 radical (unpaired) electrons. The van der Waals surface area contributed by atoms with Crippen molar-refractivity contribution in [2.75, 3.05) is 19.6 Å². The van der Waals surface area contributed by atoms with Crippen LogP contribution in [0.15, 0.2) is 0 Å². The Morgan fingerprint density at radius 3 is 2.36 bits per heavy atom. The van der Waals surface area contributed by atoms with Gasteiger partial charge in [-0.1, -0.05) is 32.1 Å². The summed E-state index contributed by atoms with van der Waals surface area (Å²) in [5.41, 5.74) is 0. The molecule has 2 N–H and O–H groups in total. The Hall–Kier alpha value is -0.610. The number of likely N-dealkylation sites (tertiary alicyclic amines) is 1. The molecule has 0 aromatic heterocycles. The topological polar surface area (TPSA) is 52.6 Å². The second-order valence-electron chi connectivity index (χ2n) is 7.77. The first-order chi connectivity index (χ1) is 10.7. The molecule has 0 aromatic rings. The molecule has 1 heterocycles. The third-order valence-electron chi connectivity index (χ3n) is 6.09. The van der Waals surface area contributed by atoms with Crippen LogP contribution in [-0.4, -0.2) is 47.7 Å². The van der Waals surface area contributed by atoms with Crippen molar-refractivity contribution in [2.45, 2.75) is 76.3 Å². The van der Waals surface area contributed by atoms with Crippen LogP contribution in [0.1, 0.15) is 64.2 Å². The fraction of sp³-hybridized carbons (Fsp3) is 0.944. The number of rotatable bonds is 5. The van der Waals surface area contributed by atoms with E-state index in [1.54, 1.807) is 0 Å². The van der Waals surface area contributed by atoms with E-state index in [1.165, 1.54) is 57.8 Å². The molecule has 2 unspecified atom stereocenters. The molecule has 0 aromatic carbocycles. The monoisotopic (exact) mass is 308 g/mol. The number of carbonyl (C=O) groups is 1. The molecule has 4 heteroatoms. The van der Waals surface area contributed by atoms with Gasteiger partial charge in [-0.05, 0) is 44.6 Å². The van der Waals surface area contributed by atoms with Gasteiger partial charge in [0.05, 0.1) is 5.92 Å². The average molecular weight is 308 g/mol. The molecule has 2 atom stereocenters. The van der Waals surface area contributed by atoms with Crippen LogP contribution in [0.25, 0.3) is 0 Å². The number of nitrogens with one attached hydrogen (secondary N) is 1. The second kappa shape index (κ2) is 7.78. The highest BCUT2D eigenvalue weighted by molar-refractivity contribution is 5.70. The van der Waals surface area contributed by atoms with Crippen molar-refractivity contribution >= 4 is 5.97 Å². The van der Waals surface area contributed by atoms with Crippen molar-refractivity contribution in [2.24, 2.45) is 11.8 Å². The summed E-state index contributed by atoms with van der Waals surface area (Å²) in [4.78, 5) is 14.0. The van der Waals surface area contributed by atoms with Gasteiger partial charge in [0.25, 0.3) is 0 Å².